The Labute approximate surface area is 225 Å². The number of esters is 1. The molecule has 38 heavy (non-hydrogen) atoms. The van der Waals surface area contributed by atoms with Crippen molar-refractivity contribution in [3.63, 3.8) is 0 Å². The van der Waals surface area contributed by atoms with Crippen molar-refractivity contribution in [2.45, 2.75) is 91.2 Å². The average molecular weight is 531 g/mol. The highest BCUT2D eigenvalue weighted by atomic mass is 19.1. The molecule has 1 aliphatic rings. The van der Waals surface area contributed by atoms with Gasteiger partial charge in [0.1, 0.15) is 22.7 Å². The first-order chi connectivity index (χ1) is 17.7. The second kappa shape index (κ2) is 12.1. The zero-order valence-corrected chi connectivity index (χ0v) is 23.7. The van der Waals surface area contributed by atoms with Crippen LogP contribution in [0.25, 0.3) is 0 Å². The van der Waals surface area contributed by atoms with Gasteiger partial charge in [0.2, 0.25) is 0 Å². The van der Waals surface area contributed by atoms with E-state index in [2.05, 4.69) is 4.98 Å². The van der Waals surface area contributed by atoms with Crippen LogP contribution in [0.1, 0.15) is 75.6 Å². The van der Waals surface area contributed by atoms with Crippen LogP contribution in [0.15, 0.2) is 30.5 Å². The third kappa shape index (κ3) is 7.75. The minimum atomic E-state index is -0.718. The monoisotopic (exact) mass is 531 g/mol. The Balaban J connectivity index is 1.88. The highest BCUT2D eigenvalue weighted by molar-refractivity contribution is 6.45. The molecule has 0 aliphatic carbocycles. The predicted molar refractivity (Wildman–Crippen MR) is 141 cm³/mol. The normalized spacial score (nSPS) is 16.5. The van der Waals surface area contributed by atoms with Crippen LogP contribution in [0.3, 0.4) is 0 Å². The van der Waals surface area contributed by atoms with Crippen LogP contribution in [0.5, 0.6) is 5.75 Å². The van der Waals surface area contributed by atoms with Crippen molar-refractivity contribution < 1.29 is 37.4 Å². The third-order valence-corrected chi connectivity index (χ3v) is 6.50. The number of rotatable bonds is 11. The summed E-state index contributed by atoms with van der Waals surface area (Å²) in [6.45, 7) is 13.6. The molecule has 8 nitrogen and oxygen atoms in total. The average Bonchev–Trinajstić information content (AvgIpc) is 3.02. The zero-order chi connectivity index (χ0) is 28.1. The van der Waals surface area contributed by atoms with Crippen molar-refractivity contribution in [1.82, 2.24) is 4.98 Å². The molecule has 1 aliphatic heterocycles. The summed E-state index contributed by atoms with van der Waals surface area (Å²) in [4.78, 5) is 17.4. The van der Waals surface area contributed by atoms with Crippen molar-refractivity contribution in [2.75, 3.05) is 13.9 Å². The molecule has 0 radical (unpaired) electrons. The number of methoxy groups -OCH3 is 1. The second-order valence-electron chi connectivity index (χ2n) is 11.3. The molecule has 0 N–H and O–H groups in total. The van der Waals surface area contributed by atoms with Crippen LogP contribution < -0.4 is 4.74 Å². The Morgan fingerprint density at radius 1 is 1.03 bits per heavy atom. The molecule has 1 fully saturated rings. The smallest absolute Gasteiger partial charge is 0.458 e. The highest BCUT2D eigenvalue weighted by Gasteiger charge is 2.50. The molecule has 0 unspecified atom stereocenters. The van der Waals surface area contributed by atoms with Crippen LogP contribution in [0.2, 0.25) is 6.32 Å². The van der Waals surface area contributed by atoms with Crippen molar-refractivity contribution >= 4 is 13.1 Å². The molecule has 0 saturated carbocycles. The Bertz CT molecular complexity index is 1080. The van der Waals surface area contributed by atoms with E-state index in [9.17, 15) is 9.18 Å². The lowest BCUT2D eigenvalue weighted by Gasteiger charge is -2.32. The number of aromatic nitrogens is 1. The molecule has 0 atom stereocenters. The largest absolute Gasteiger partial charge is 0.466 e. The van der Waals surface area contributed by atoms with Gasteiger partial charge in [-0.2, -0.15) is 0 Å². The van der Waals surface area contributed by atoms with E-state index in [4.69, 9.17) is 28.3 Å². The molecule has 0 bridgehead atoms. The molecule has 3 rings (SSSR count). The number of halogens is 1. The topological polar surface area (TPSA) is 85.3 Å². The number of pyridine rings is 1. The van der Waals surface area contributed by atoms with E-state index >= 15 is 0 Å². The van der Waals surface area contributed by atoms with Gasteiger partial charge in [-0.05, 0) is 84.5 Å². The van der Waals surface area contributed by atoms with Crippen molar-refractivity contribution in [3.8, 4) is 5.75 Å². The summed E-state index contributed by atoms with van der Waals surface area (Å²) < 4.78 is 48.2. The maximum Gasteiger partial charge on any atom is 0.458 e. The Kier molecular flexibility index (Phi) is 9.57. The lowest BCUT2D eigenvalue weighted by atomic mass is 9.81. The van der Waals surface area contributed by atoms with Gasteiger partial charge in [-0.3, -0.25) is 4.98 Å². The summed E-state index contributed by atoms with van der Waals surface area (Å²) in [6, 6.07) is 6.61. The summed E-state index contributed by atoms with van der Waals surface area (Å²) in [7, 11) is 1.12. The molecule has 0 amide bonds. The first kappa shape index (κ1) is 30.0. The number of ether oxygens (including phenoxy) is 4. The van der Waals surface area contributed by atoms with Crippen LogP contribution in [0.4, 0.5) is 4.39 Å². The molecule has 1 aromatic heterocycles. The van der Waals surface area contributed by atoms with E-state index in [1.54, 1.807) is 26.8 Å². The molecule has 2 heterocycles. The van der Waals surface area contributed by atoms with Crippen LogP contribution in [-0.2, 0) is 43.2 Å². The Morgan fingerprint density at radius 3 is 2.26 bits per heavy atom. The van der Waals surface area contributed by atoms with Gasteiger partial charge >= 0.3 is 13.1 Å². The second-order valence-corrected chi connectivity index (χ2v) is 11.3. The van der Waals surface area contributed by atoms with Gasteiger partial charge in [0.25, 0.3) is 0 Å². The van der Waals surface area contributed by atoms with E-state index in [1.807, 2.05) is 39.8 Å². The number of benzene rings is 1. The summed E-state index contributed by atoms with van der Waals surface area (Å²) in [5, 5.41) is 0. The number of hydrogen-bond acceptors (Lipinski definition) is 8. The van der Waals surface area contributed by atoms with Crippen molar-refractivity contribution in [2.24, 2.45) is 0 Å². The number of aryl methyl sites for hydroxylation is 1. The van der Waals surface area contributed by atoms with E-state index in [1.165, 1.54) is 13.2 Å². The number of carbonyl (C=O) groups is 1. The molecular weight excluding hydrogens is 492 g/mol. The quantitative estimate of drug-likeness (QED) is 0.213. The van der Waals surface area contributed by atoms with E-state index in [-0.39, 0.29) is 25.6 Å². The summed E-state index contributed by atoms with van der Waals surface area (Å²) >= 11 is 0. The Hall–Kier alpha value is -2.53. The first-order valence-electron chi connectivity index (χ1n) is 12.8. The van der Waals surface area contributed by atoms with Gasteiger partial charge in [0, 0.05) is 7.11 Å². The van der Waals surface area contributed by atoms with Gasteiger partial charge in [-0.15, -0.1) is 0 Å². The third-order valence-electron chi connectivity index (χ3n) is 6.50. The number of nitrogens with zero attached hydrogens (tertiary/aromatic N) is 1. The van der Waals surface area contributed by atoms with Crippen LogP contribution in [0, 0.1) is 5.82 Å². The predicted octanol–water partition coefficient (Wildman–Crippen LogP) is 5.51. The fraction of sp³-hybridized carbons (Fsp3) is 0.571. The minimum Gasteiger partial charge on any atom is -0.466 e. The fourth-order valence-corrected chi connectivity index (χ4v) is 3.93. The Morgan fingerprint density at radius 2 is 1.68 bits per heavy atom. The fourth-order valence-electron chi connectivity index (χ4n) is 3.93. The van der Waals surface area contributed by atoms with E-state index in [0.717, 1.165) is 11.8 Å². The van der Waals surface area contributed by atoms with Gasteiger partial charge in [-0.1, -0.05) is 12.1 Å². The highest BCUT2D eigenvalue weighted by Crippen LogP contribution is 2.39. The number of carbonyl (C=O) groups excluding carboxylic acids is 1. The van der Waals surface area contributed by atoms with Gasteiger partial charge in [0.15, 0.2) is 6.79 Å². The van der Waals surface area contributed by atoms with Gasteiger partial charge < -0.3 is 28.3 Å². The van der Waals surface area contributed by atoms with E-state index in [0.29, 0.717) is 29.7 Å². The molecule has 1 aromatic carbocycles. The maximum atomic E-state index is 13.4. The van der Waals surface area contributed by atoms with Crippen molar-refractivity contribution in [1.29, 1.82) is 0 Å². The lowest BCUT2D eigenvalue weighted by Crippen LogP contribution is -2.41. The number of hydrogen-bond donors (Lipinski definition) is 0. The SMILES string of the molecule is COCOc1c(CCB2OC(C)(C)C(C)(C)O2)ccc(COCc2ccc(F)cn2)c1C(=O)OC(C)(C)C. The first-order valence-corrected chi connectivity index (χ1v) is 12.8. The zero-order valence-electron chi connectivity index (χ0n) is 23.7. The molecule has 2 aromatic rings. The molecule has 1 saturated heterocycles. The summed E-state index contributed by atoms with van der Waals surface area (Å²) in [5.41, 5.74) is 0.638. The standard InChI is InChI=1S/C28H39BFNO7/c1-26(2,3)36-25(32)23-20(16-34-17-22-12-11-21(30)15-31-22)10-9-19(24(23)35-18-33-8)13-14-29-37-27(4,5)28(6,7)38-29/h9-12,15H,13-14,16-18H2,1-8H3. The van der Waals surface area contributed by atoms with E-state index < -0.39 is 35.7 Å². The van der Waals surface area contributed by atoms with Crippen molar-refractivity contribution in [3.05, 3.63) is 58.7 Å². The van der Waals surface area contributed by atoms with Crippen LogP contribution in [-0.4, -0.2) is 48.8 Å². The van der Waals surface area contributed by atoms with Gasteiger partial charge in [-0.25, -0.2) is 9.18 Å². The molecule has 208 valence electrons. The molecular formula is C28H39BFNO7. The van der Waals surface area contributed by atoms with Crippen LogP contribution >= 0.6 is 0 Å². The lowest BCUT2D eigenvalue weighted by molar-refractivity contribution is 0.00484. The molecule has 0 spiro atoms. The summed E-state index contributed by atoms with van der Waals surface area (Å²) in [6.07, 6.45) is 2.23. The van der Waals surface area contributed by atoms with Gasteiger partial charge in [0.05, 0.1) is 36.3 Å². The summed E-state index contributed by atoms with van der Waals surface area (Å²) in [5.74, 6) is -0.574. The molecule has 10 heteroatoms. The maximum absolute atomic E-state index is 13.4. The minimum absolute atomic E-state index is 0.0525.